The minimum Gasteiger partial charge on any atom is -0.330 e. The standard InChI is InChI=1S/C17H30N2/c1-14(2)11-17(12-18)9-10-19(4)13-16-7-5-15(3)6-8-16/h5-8,14,17H,9-13,18H2,1-4H3. The molecule has 1 aromatic carbocycles. The summed E-state index contributed by atoms with van der Waals surface area (Å²) in [6, 6.07) is 8.82. The Morgan fingerprint density at radius 1 is 1.16 bits per heavy atom. The Bertz CT molecular complexity index is 343. The highest BCUT2D eigenvalue weighted by molar-refractivity contribution is 5.21. The van der Waals surface area contributed by atoms with Crippen LogP contribution in [0.4, 0.5) is 0 Å². The van der Waals surface area contributed by atoms with Gasteiger partial charge in [-0.3, -0.25) is 0 Å². The third kappa shape index (κ3) is 6.74. The van der Waals surface area contributed by atoms with Crippen LogP contribution < -0.4 is 5.73 Å². The van der Waals surface area contributed by atoms with Crippen molar-refractivity contribution in [3.63, 3.8) is 0 Å². The first-order valence-corrected chi connectivity index (χ1v) is 7.45. The van der Waals surface area contributed by atoms with Crippen molar-refractivity contribution in [2.45, 2.75) is 40.2 Å². The number of aryl methyl sites for hydroxylation is 1. The molecule has 0 aliphatic rings. The fourth-order valence-electron chi connectivity index (χ4n) is 2.49. The van der Waals surface area contributed by atoms with E-state index in [4.69, 9.17) is 5.73 Å². The predicted octanol–water partition coefficient (Wildman–Crippen LogP) is 3.44. The molecular weight excluding hydrogens is 232 g/mol. The second-order valence-corrected chi connectivity index (χ2v) is 6.24. The van der Waals surface area contributed by atoms with Crippen LogP contribution in [0.5, 0.6) is 0 Å². The molecule has 0 aliphatic carbocycles. The van der Waals surface area contributed by atoms with Gasteiger partial charge in [-0.25, -0.2) is 0 Å². The highest BCUT2D eigenvalue weighted by Gasteiger charge is 2.10. The van der Waals surface area contributed by atoms with Crippen molar-refractivity contribution in [3.8, 4) is 0 Å². The summed E-state index contributed by atoms with van der Waals surface area (Å²) in [5, 5.41) is 0. The van der Waals surface area contributed by atoms with Crippen molar-refractivity contribution in [2.24, 2.45) is 17.6 Å². The van der Waals surface area contributed by atoms with Crippen LogP contribution in [-0.4, -0.2) is 25.0 Å². The molecule has 0 radical (unpaired) electrons. The fourth-order valence-corrected chi connectivity index (χ4v) is 2.49. The van der Waals surface area contributed by atoms with Crippen LogP contribution in [0.15, 0.2) is 24.3 Å². The first kappa shape index (κ1) is 16.2. The number of nitrogens with zero attached hydrogens (tertiary/aromatic N) is 1. The zero-order valence-corrected chi connectivity index (χ0v) is 13.0. The van der Waals surface area contributed by atoms with Crippen LogP contribution in [0.25, 0.3) is 0 Å². The Morgan fingerprint density at radius 3 is 2.32 bits per heavy atom. The largest absolute Gasteiger partial charge is 0.330 e. The zero-order chi connectivity index (χ0) is 14.3. The van der Waals surface area contributed by atoms with E-state index in [9.17, 15) is 0 Å². The summed E-state index contributed by atoms with van der Waals surface area (Å²) < 4.78 is 0. The normalized spacial score (nSPS) is 13.2. The van der Waals surface area contributed by atoms with Crippen LogP contribution >= 0.6 is 0 Å². The lowest BCUT2D eigenvalue weighted by Crippen LogP contribution is -2.25. The van der Waals surface area contributed by atoms with E-state index in [1.807, 2.05) is 0 Å². The first-order chi connectivity index (χ1) is 9.01. The Balaban J connectivity index is 2.34. The molecule has 0 aliphatic heterocycles. The smallest absolute Gasteiger partial charge is 0.0230 e. The van der Waals surface area contributed by atoms with Crippen molar-refractivity contribution in [1.29, 1.82) is 0 Å². The first-order valence-electron chi connectivity index (χ1n) is 7.45. The molecule has 0 aromatic heterocycles. The molecule has 2 heteroatoms. The Hall–Kier alpha value is -0.860. The van der Waals surface area contributed by atoms with Gasteiger partial charge in [-0.05, 0) is 57.3 Å². The number of hydrogen-bond acceptors (Lipinski definition) is 2. The number of benzene rings is 1. The molecule has 2 nitrogen and oxygen atoms in total. The monoisotopic (exact) mass is 262 g/mol. The number of rotatable bonds is 8. The summed E-state index contributed by atoms with van der Waals surface area (Å²) in [6.45, 7) is 9.65. The maximum Gasteiger partial charge on any atom is 0.0230 e. The van der Waals surface area contributed by atoms with Crippen LogP contribution in [0.1, 0.15) is 37.8 Å². The van der Waals surface area contributed by atoms with Gasteiger partial charge in [0, 0.05) is 6.54 Å². The van der Waals surface area contributed by atoms with Crippen molar-refractivity contribution < 1.29 is 0 Å². The SMILES string of the molecule is Cc1ccc(CN(C)CCC(CN)CC(C)C)cc1. The highest BCUT2D eigenvalue weighted by Crippen LogP contribution is 2.15. The van der Waals surface area contributed by atoms with Gasteiger partial charge in [0.15, 0.2) is 0 Å². The third-order valence-electron chi connectivity index (χ3n) is 3.63. The van der Waals surface area contributed by atoms with Crippen LogP contribution in [0.3, 0.4) is 0 Å². The topological polar surface area (TPSA) is 29.3 Å². The summed E-state index contributed by atoms with van der Waals surface area (Å²) >= 11 is 0. The molecule has 0 heterocycles. The third-order valence-corrected chi connectivity index (χ3v) is 3.63. The maximum absolute atomic E-state index is 5.86. The van der Waals surface area contributed by atoms with Crippen molar-refractivity contribution >= 4 is 0 Å². The highest BCUT2D eigenvalue weighted by atomic mass is 15.1. The van der Waals surface area contributed by atoms with E-state index in [2.05, 4.69) is 57.0 Å². The molecule has 0 saturated heterocycles. The van der Waals surface area contributed by atoms with Crippen molar-refractivity contribution in [1.82, 2.24) is 4.90 Å². The van der Waals surface area contributed by atoms with Gasteiger partial charge in [-0.1, -0.05) is 43.7 Å². The molecular formula is C17H30N2. The molecule has 1 rings (SSSR count). The fraction of sp³-hybridized carbons (Fsp3) is 0.647. The minimum atomic E-state index is 0.667. The molecule has 1 aromatic rings. The summed E-state index contributed by atoms with van der Waals surface area (Å²) in [7, 11) is 2.20. The van der Waals surface area contributed by atoms with Crippen LogP contribution in [0, 0.1) is 18.8 Å². The summed E-state index contributed by atoms with van der Waals surface area (Å²) in [5.41, 5.74) is 8.57. The summed E-state index contributed by atoms with van der Waals surface area (Å²) in [6.07, 6.45) is 2.45. The van der Waals surface area contributed by atoms with Crippen molar-refractivity contribution in [2.75, 3.05) is 20.1 Å². The van der Waals surface area contributed by atoms with Gasteiger partial charge in [-0.15, -0.1) is 0 Å². The predicted molar refractivity (Wildman–Crippen MR) is 84.1 cm³/mol. The van der Waals surface area contributed by atoms with Gasteiger partial charge < -0.3 is 10.6 Å². The van der Waals surface area contributed by atoms with Gasteiger partial charge in [0.1, 0.15) is 0 Å². The Kier molecular flexibility index (Phi) is 7.11. The van der Waals surface area contributed by atoms with Gasteiger partial charge in [0.2, 0.25) is 0 Å². The second-order valence-electron chi connectivity index (χ2n) is 6.24. The van der Waals surface area contributed by atoms with E-state index in [-0.39, 0.29) is 0 Å². The lowest BCUT2D eigenvalue weighted by Gasteiger charge is -2.22. The second kappa shape index (κ2) is 8.34. The average Bonchev–Trinajstić information content (AvgIpc) is 2.37. The molecule has 19 heavy (non-hydrogen) atoms. The van der Waals surface area contributed by atoms with Gasteiger partial charge >= 0.3 is 0 Å². The lowest BCUT2D eigenvalue weighted by molar-refractivity contribution is 0.279. The summed E-state index contributed by atoms with van der Waals surface area (Å²) in [5.74, 6) is 1.41. The molecule has 0 bridgehead atoms. The zero-order valence-electron chi connectivity index (χ0n) is 13.0. The molecule has 0 amide bonds. The molecule has 0 spiro atoms. The van der Waals surface area contributed by atoms with Gasteiger partial charge in [0.25, 0.3) is 0 Å². The lowest BCUT2D eigenvalue weighted by atomic mass is 9.94. The van der Waals surface area contributed by atoms with E-state index < -0.39 is 0 Å². The molecule has 1 unspecified atom stereocenters. The van der Waals surface area contributed by atoms with E-state index in [0.29, 0.717) is 5.92 Å². The minimum absolute atomic E-state index is 0.667. The van der Waals surface area contributed by atoms with Crippen molar-refractivity contribution in [3.05, 3.63) is 35.4 Å². The molecule has 1 atom stereocenters. The number of hydrogen-bond donors (Lipinski definition) is 1. The number of nitrogens with two attached hydrogens (primary N) is 1. The van der Waals surface area contributed by atoms with Crippen LogP contribution in [-0.2, 0) is 6.54 Å². The van der Waals surface area contributed by atoms with E-state index >= 15 is 0 Å². The molecule has 0 saturated carbocycles. The molecule has 2 N–H and O–H groups in total. The van der Waals surface area contributed by atoms with Crippen LogP contribution in [0.2, 0.25) is 0 Å². The van der Waals surface area contributed by atoms with Gasteiger partial charge in [0.05, 0.1) is 0 Å². The molecule has 108 valence electrons. The maximum atomic E-state index is 5.86. The Labute approximate surface area is 119 Å². The molecule has 0 fully saturated rings. The van der Waals surface area contributed by atoms with E-state index in [1.54, 1.807) is 0 Å². The van der Waals surface area contributed by atoms with E-state index in [1.165, 1.54) is 24.0 Å². The Morgan fingerprint density at radius 2 is 1.79 bits per heavy atom. The average molecular weight is 262 g/mol. The summed E-state index contributed by atoms with van der Waals surface area (Å²) in [4.78, 5) is 2.40. The quantitative estimate of drug-likeness (QED) is 0.777. The van der Waals surface area contributed by atoms with E-state index in [0.717, 1.165) is 25.6 Å². The van der Waals surface area contributed by atoms with Gasteiger partial charge in [-0.2, -0.15) is 0 Å².